The highest BCUT2D eigenvalue weighted by Gasteiger charge is 2.16. The minimum atomic E-state index is -0.339. The van der Waals surface area contributed by atoms with Crippen molar-refractivity contribution in [2.24, 2.45) is 0 Å². The van der Waals surface area contributed by atoms with Crippen LogP contribution in [0.1, 0.15) is 35.2 Å². The van der Waals surface area contributed by atoms with Gasteiger partial charge in [0.25, 0.3) is 0 Å². The molecule has 1 atom stereocenters. The summed E-state index contributed by atoms with van der Waals surface area (Å²) in [6.07, 6.45) is 0.930. The van der Waals surface area contributed by atoms with Crippen molar-refractivity contribution in [3.05, 3.63) is 101 Å². The standard InChI is InChI=1S/C24H22FN3O/c1-2-17-10-12-18(13-11-17)24(19-7-5-8-21(25)14-19)27-16-23(29)28-22-9-4-3-6-20(22)15-26/h3-14,24,27H,2,16H2,1H3,(H,28,29)/t24-/m1/s1. The van der Waals surface area contributed by atoms with Crippen LogP contribution < -0.4 is 10.6 Å². The van der Waals surface area contributed by atoms with Crippen molar-refractivity contribution < 1.29 is 9.18 Å². The predicted molar refractivity (Wildman–Crippen MR) is 112 cm³/mol. The Bertz CT molecular complexity index is 1020. The molecule has 3 aromatic rings. The van der Waals surface area contributed by atoms with Gasteiger partial charge in [-0.25, -0.2) is 4.39 Å². The maximum absolute atomic E-state index is 13.8. The third-order valence-electron chi connectivity index (χ3n) is 4.69. The van der Waals surface area contributed by atoms with Crippen LogP contribution in [-0.4, -0.2) is 12.5 Å². The molecule has 3 aromatic carbocycles. The van der Waals surface area contributed by atoms with E-state index in [1.807, 2.05) is 30.3 Å². The lowest BCUT2D eigenvalue weighted by Crippen LogP contribution is -2.32. The van der Waals surface area contributed by atoms with Gasteiger partial charge in [0.1, 0.15) is 11.9 Å². The number of nitriles is 1. The molecule has 4 nitrogen and oxygen atoms in total. The van der Waals surface area contributed by atoms with Crippen molar-refractivity contribution >= 4 is 11.6 Å². The topological polar surface area (TPSA) is 64.9 Å². The number of carbonyl (C=O) groups is 1. The third-order valence-corrected chi connectivity index (χ3v) is 4.69. The largest absolute Gasteiger partial charge is 0.324 e. The van der Waals surface area contributed by atoms with E-state index in [0.29, 0.717) is 11.3 Å². The molecule has 0 saturated heterocycles. The Morgan fingerprint density at radius 1 is 1.03 bits per heavy atom. The number of aryl methyl sites for hydroxylation is 1. The summed E-state index contributed by atoms with van der Waals surface area (Å²) in [6.45, 7) is 2.09. The number of nitrogens with one attached hydrogen (secondary N) is 2. The van der Waals surface area contributed by atoms with Gasteiger partial charge in [-0.3, -0.25) is 10.1 Å². The van der Waals surface area contributed by atoms with Gasteiger partial charge in [0.05, 0.1) is 23.8 Å². The molecular weight excluding hydrogens is 365 g/mol. The van der Waals surface area contributed by atoms with Gasteiger partial charge in [-0.05, 0) is 47.4 Å². The average molecular weight is 387 g/mol. The van der Waals surface area contributed by atoms with Crippen LogP contribution in [0.25, 0.3) is 0 Å². The zero-order valence-electron chi connectivity index (χ0n) is 16.2. The van der Waals surface area contributed by atoms with Crippen molar-refractivity contribution in [2.45, 2.75) is 19.4 Å². The predicted octanol–water partition coefficient (Wildman–Crippen LogP) is 4.58. The summed E-state index contributed by atoms with van der Waals surface area (Å²) in [5, 5.41) is 15.1. The number of hydrogen-bond donors (Lipinski definition) is 2. The second-order valence-electron chi connectivity index (χ2n) is 6.67. The molecular formula is C24H22FN3O. The van der Waals surface area contributed by atoms with Crippen molar-refractivity contribution in [3.63, 3.8) is 0 Å². The maximum Gasteiger partial charge on any atom is 0.238 e. The van der Waals surface area contributed by atoms with Gasteiger partial charge in [0, 0.05) is 0 Å². The van der Waals surface area contributed by atoms with Crippen LogP contribution in [0.3, 0.4) is 0 Å². The molecule has 0 fully saturated rings. The Balaban J connectivity index is 1.78. The molecule has 5 heteroatoms. The highest BCUT2D eigenvalue weighted by Crippen LogP contribution is 2.23. The first-order valence-corrected chi connectivity index (χ1v) is 9.47. The number of amides is 1. The lowest BCUT2D eigenvalue weighted by atomic mass is 9.97. The highest BCUT2D eigenvalue weighted by molar-refractivity contribution is 5.93. The minimum absolute atomic E-state index is 0.0104. The summed E-state index contributed by atoms with van der Waals surface area (Å²) in [7, 11) is 0. The Hall–Kier alpha value is -3.49. The molecule has 1 amide bonds. The summed E-state index contributed by atoms with van der Waals surface area (Å²) in [4.78, 5) is 12.5. The Kier molecular flexibility index (Phi) is 6.72. The van der Waals surface area contributed by atoms with Crippen LogP contribution in [-0.2, 0) is 11.2 Å². The van der Waals surface area contributed by atoms with E-state index in [0.717, 1.165) is 17.5 Å². The molecule has 0 radical (unpaired) electrons. The molecule has 0 aliphatic carbocycles. The van der Waals surface area contributed by atoms with E-state index in [1.165, 1.54) is 17.7 Å². The zero-order chi connectivity index (χ0) is 20.6. The molecule has 0 spiro atoms. The van der Waals surface area contributed by atoms with E-state index in [-0.39, 0.29) is 24.3 Å². The summed E-state index contributed by atoms with van der Waals surface area (Å²) >= 11 is 0. The first-order valence-electron chi connectivity index (χ1n) is 9.47. The molecule has 0 saturated carbocycles. The van der Waals surface area contributed by atoms with Crippen LogP contribution in [0.5, 0.6) is 0 Å². The number of anilines is 1. The van der Waals surface area contributed by atoms with Gasteiger partial charge in [0.2, 0.25) is 5.91 Å². The summed E-state index contributed by atoms with van der Waals surface area (Å²) in [6, 6.07) is 22.9. The molecule has 146 valence electrons. The van der Waals surface area contributed by atoms with Gasteiger partial charge in [-0.2, -0.15) is 5.26 Å². The van der Waals surface area contributed by atoms with Crippen molar-refractivity contribution in [1.82, 2.24) is 5.32 Å². The van der Waals surface area contributed by atoms with E-state index in [2.05, 4.69) is 23.6 Å². The Labute approximate surface area is 170 Å². The molecule has 0 unspecified atom stereocenters. The van der Waals surface area contributed by atoms with Crippen LogP contribution in [0.2, 0.25) is 0 Å². The zero-order valence-corrected chi connectivity index (χ0v) is 16.2. The molecule has 0 aliphatic rings. The maximum atomic E-state index is 13.8. The van der Waals surface area contributed by atoms with Gasteiger partial charge in [-0.1, -0.05) is 55.5 Å². The Morgan fingerprint density at radius 3 is 2.48 bits per heavy atom. The molecule has 0 bridgehead atoms. The first kappa shape index (κ1) is 20.2. The molecule has 3 rings (SSSR count). The molecule has 2 N–H and O–H groups in total. The summed E-state index contributed by atoms with van der Waals surface area (Å²) < 4.78 is 13.8. The van der Waals surface area contributed by atoms with E-state index >= 15 is 0 Å². The van der Waals surface area contributed by atoms with Crippen LogP contribution in [0.15, 0.2) is 72.8 Å². The van der Waals surface area contributed by atoms with E-state index in [4.69, 9.17) is 5.26 Å². The average Bonchev–Trinajstić information content (AvgIpc) is 2.75. The normalized spacial score (nSPS) is 11.5. The van der Waals surface area contributed by atoms with Gasteiger partial charge < -0.3 is 5.32 Å². The lowest BCUT2D eigenvalue weighted by molar-refractivity contribution is -0.115. The fourth-order valence-corrected chi connectivity index (χ4v) is 3.14. The second kappa shape index (κ2) is 9.63. The van der Waals surface area contributed by atoms with Crippen LogP contribution in [0, 0.1) is 17.1 Å². The molecule has 0 aromatic heterocycles. The van der Waals surface area contributed by atoms with Gasteiger partial charge in [0.15, 0.2) is 0 Å². The Morgan fingerprint density at radius 2 is 1.79 bits per heavy atom. The summed E-state index contributed by atoms with van der Waals surface area (Å²) in [5.74, 6) is -0.605. The number of benzene rings is 3. The number of nitrogens with zero attached hydrogens (tertiary/aromatic N) is 1. The SMILES string of the molecule is CCc1ccc([C@@H](NCC(=O)Nc2ccccc2C#N)c2cccc(F)c2)cc1. The van der Waals surface area contributed by atoms with Gasteiger partial charge in [-0.15, -0.1) is 0 Å². The number of hydrogen-bond acceptors (Lipinski definition) is 3. The van der Waals surface area contributed by atoms with Crippen molar-refractivity contribution in [2.75, 3.05) is 11.9 Å². The highest BCUT2D eigenvalue weighted by atomic mass is 19.1. The molecule has 0 heterocycles. The number of carbonyl (C=O) groups excluding carboxylic acids is 1. The lowest BCUT2D eigenvalue weighted by Gasteiger charge is -2.20. The number of rotatable bonds is 7. The van der Waals surface area contributed by atoms with Crippen LogP contribution in [0.4, 0.5) is 10.1 Å². The molecule has 0 aliphatic heterocycles. The monoisotopic (exact) mass is 387 g/mol. The minimum Gasteiger partial charge on any atom is -0.324 e. The second-order valence-corrected chi connectivity index (χ2v) is 6.67. The fraction of sp³-hybridized carbons (Fsp3) is 0.167. The van der Waals surface area contributed by atoms with E-state index in [9.17, 15) is 9.18 Å². The quantitative estimate of drug-likeness (QED) is 0.624. The number of para-hydroxylation sites is 1. The van der Waals surface area contributed by atoms with E-state index < -0.39 is 0 Å². The summed E-state index contributed by atoms with van der Waals surface area (Å²) in [5.41, 5.74) is 3.75. The fourth-order valence-electron chi connectivity index (χ4n) is 3.14. The smallest absolute Gasteiger partial charge is 0.238 e. The van der Waals surface area contributed by atoms with Gasteiger partial charge >= 0.3 is 0 Å². The van der Waals surface area contributed by atoms with E-state index in [1.54, 1.807) is 30.3 Å². The molecule has 29 heavy (non-hydrogen) atoms. The van der Waals surface area contributed by atoms with Crippen molar-refractivity contribution in [3.8, 4) is 6.07 Å². The first-order chi connectivity index (χ1) is 14.1. The number of halogens is 1. The van der Waals surface area contributed by atoms with Crippen LogP contribution >= 0.6 is 0 Å². The third kappa shape index (κ3) is 5.28. The van der Waals surface area contributed by atoms with Crippen molar-refractivity contribution in [1.29, 1.82) is 5.26 Å².